The van der Waals surface area contributed by atoms with Crippen LogP contribution in [0.4, 0.5) is 0 Å². The Labute approximate surface area is 110 Å². The highest BCUT2D eigenvalue weighted by molar-refractivity contribution is 6.05. The van der Waals surface area contributed by atoms with Crippen molar-refractivity contribution in [1.82, 2.24) is 9.91 Å². The van der Waals surface area contributed by atoms with Crippen LogP contribution in [-0.2, 0) is 0 Å². The van der Waals surface area contributed by atoms with E-state index in [9.17, 15) is 0 Å². The lowest BCUT2D eigenvalue weighted by Crippen LogP contribution is -2.47. The van der Waals surface area contributed by atoms with E-state index in [1.807, 2.05) is 18.1 Å². The SMILES string of the molecule is C=CCN1N=C(/C(=C/CC)CC)CN(C)C1=NC. The van der Waals surface area contributed by atoms with Crippen molar-refractivity contribution in [2.45, 2.75) is 26.7 Å². The van der Waals surface area contributed by atoms with Gasteiger partial charge in [-0.3, -0.25) is 4.99 Å². The summed E-state index contributed by atoms with van der Waals surface area (Å²) in [6.07, 6.45) is 6.16. The van der Waals surface area contributed by atoms with Crippen LogP contribution in [0.1, 0.15) is 26.7 Å². The van der Waals surface area contributed by atoms with Crippen LogP contribution < -0.4 is 0 Å². The Kier molecular flexibility index (Phi) is 5.62. The predicted molar refractivity (Wildman–Crippen MR) is 79.0 cm³/mol. The molecule has 0 aromatic rings. The largest absolute Gasteiger partial charge is 0.338 e. The van der Waals surface area contributed by atoms with Crippen LogP contribution in [0.3, 0.4) is 0 Å². The Balaban J connectivity index is 3.06. The van der Waals surface area contributed by atoms with Crippen molar-refractivity contribution in [2.75, 3.05) is 27.2 Å². The van der Waals surface area contributed by atoms with Crippen molar-refractivity contribution < 1.29 is 0 Å². The normalized spacial score (nSPS) is 19.2. The number of rotatable bonds is 5. The van der Waals surface area contributed by atoms with Crippen molar-refractivity contribution in [3.63, 3.8) is 0 Å². The second kappa shape index (κ2) is 6.99. The van der Waals surface area contributed by atoms with Gasteiger partial charge in [0.2, 0.25) is 5.96 Å². The Morgan fingerprint density at radius 1 is 1.50 bits per heavy atom. The number of nitrogens with zero attached hydrogens (tertiary/aromatic N) is 4. The van der Waals surface area contributed by atoms with Gasteiger partial charge in [0.15, 0.2) is 0 Å². The molecular formula is C14H24N4. The molecule has 100 valence electrons. The van der Waals surface area contributed by atoms with Gasteiger partial charge in [0.25, 0.3) is 0 Å². The zero-order chi connectivity index (χ0) is 13.5. The molecule has 0 aliphatic carbocycles. The standard InChI is InChI=1S/C14H24N4/c1-6-9-12(8-3)13-11-17(5)14(15-4)18(16-13)10-7-2/h7,9H,2,6,8,10-11H2,1,3-5H3/b12-9+,15-14?. The van der Waals surface area contributed by atoms with E-state index in [1.165, 1.54) is 5.57 Å². The second-order valence-corrected chi connectivity index (χ2v) is 4.29. The molecule has 0 amide bonds. The summed E-state index contributed by atoms with van der Waals surface area (Å²) in [6.45, 7) is 9.61. The highest BCUT2D eigenvalue weighted by atomic mass is 15.6. The van der Waals surface area contributed by atoms with E-state index >= 15 is 0 Å². The molecule has 0 saturated heterocycles. The molecule has 4 heteroatoms. The Hall–Kier alpha value is -1.58. The smallest absolute Gasteiger partial charge is 0.217 e. The van der Waals surface area contributed by atoms with Crippen LogP contribution in [0.5, 0.6) is 0 Å². The summed E-state index contributed by atoms with van der Waals surface area (Å²) >= 11 is 0. The zero-order valence-corrected chi connectivity index (χ0v) is 12.0. The summed E-state index contributed by atoms with van der Waals surface area (Å²) in [5, 5.41) is 6.61. The first-order valence-electron chi connectivity index (χ1n) is 6.51. The van der Waals surface area contributed by atoms with Crippen LogP contribution in [-0.4, -0.2) is 48.8 Å². The lowest BCUT2D eigenvalue weighted by Gasteiger charge is -2.34. The van der Waals surface area contributed by atoms with Gasteiger partial charge in [-0.2, -0.15) is 5.10 Å². The first-order chi connectivity index (χ1) is 8.67. The number of hydrazone groups is 1. The monoisotopic (exact) mass is 248 g/mol. The van der Waals surface area contributed by atoms with E-state index in [0.717, 1.165) is 31.1 Å². The van der Waals surface area contributed by atoms with Gasteiger partial charge in [0, 0.05) is 14.1 Å². The molecule has 0 spiro atoms. The summed E-state index contributed by atoms with van der Waals surface area (Å²) < 4.78 is 0. The Morgan fingerprint density at radius 2 is 2.22 bits per heavy atom. The zero-order valence-electron chi connectivity index (χ0n) is 12.0. The predicted octanol–water partition coefficient (Wildman–Crippen LogP) is 2.51. The summed E-state index contributed by atoms with van der Waals surface area (Å²) in [4.78, 5) is 6.42. The third-order valence-electron chi connectivity index (χ3n) is 2.90. The lowest BCUT2D eigenvalue weighted by atomic mass is 10.1. The fourth-order valence-corrected chi connectivity index (χ4v) is 2.12. The van der Waals surface area contributed by atoms with Gasteiger partial charge in [0.1, 0.15) is 0 Å². The summed E-state index contributed by atoms with van der Waals surface area (Å²) in [5.41, 5.74) is 2.46. The van der Waals surface area contributed by atoms with Crippen molar-refractivity contribution in [1.29, 1.82) is 0 Å². The molecule has 1 aliphatic rings. The summed E-state index contributed by atoms with van der Waals surface area (Å²) in [5.74, 6) is 0.894. The molecule has 0 saturated carbocycles. The van der Waals surface area contributed by atoms with Gasteiger partial charge in [0.05, 0.1) is 18.8 Å². The topological polar surface area (TPSA) is 31.2 Å². The summed E-state index contributed by atoms with van der Waals surface area (Å²) in [6, 6.07) is 0. The first kappa shape index (κ1) is 14.5. The van der Waals surface area contributed by atoms with Crippen molar-refractivity contribution >= 4 is 11.7 Å². The minimum absolute atomic E-state index is 0.684. The Morgan fingerprint density at radius 3 is 2.72 bits per heavy atom. The molecule has 1 heterocycles. The Bertz CT molecular complexity index is 379. The minimum Gasteiger partial charge on any atom is -0.338 e. The van der Waals surface area contributed by atoms with Gasteiger partial charge >= 0.3 is 0 Å². The number of aliphatic imine (C=N–C) groups is 1. The molecule has 0 bridgehead atoms. The van der Waals surface area contributed by atoms with Crippen LogP contribution in [0.15, 0.2) is 34.4 Å². The molecule has 0 atom stereocenters. The minimum atomic E-state index is 0.684. The molecule has 0 fully saturated rings. The van der Waals surface area contributed by atoms with Gasteiger partial charge < -0.3 is 4.90 Å². The second-order valence-electron chi connectivity index (χ2n) is 4.29. The molecule has 4 nitrogen and oxygen atoms in total. The average Bonchev–Trinajstić information content (AvgIpc) is 2.36. The van der Waals surface area contributed by atoms with Crippen LogP contribution in [0.2, 0.25) is 0 Å². The van der Waals surface area contributed by atoms with E-state index in [-0.39, 0.29) is 0 Å². The van der Waals surface area contributed by atoms with Gasteiger partial charge in [-0.05, 0) is 18.4 Å². The maximum atomic E-state index is 4.70. The van der Waals surface area contributed by atoms with E-state index in [0.29, 0.717) is 6.54 Å². The molecule has 0 radical (unpaired) electrons. The third kappa shape index (κ3) is 3.22. The highest BCUT2D eigenvalue weighted by Gasteiger charge is 2.22. The van der Waals surface area contributed by atoms with Gasteiger partial charge in [-0.15, -0.1) is 6.58 Å². The molecule has 0 unspecified atom stereocenters. The first-order valence-corrected chi connectivity index (χ1v) is 6.51. The highest BCUT2D eigenvalue weighted by Crippen LogP contribution is 2.14. The van der Waals surface area contributed by atoms with Crippen LogP contribution >= 0.6 is 0 Å². The molecular weight excluding hydrogens is 224 g/mol. The number of allylic oxidation sites excluding steroid dienone is 1. The maximum absolute atomic E-state index is 4.70. The molecule has 1 aliphatic heterocycles. The van der Waals surface area contributed by atoms with Crippen molar-refractivity contribution in [3.8, 4) is 0 Å². The quantitative estimate of drug-likeness (QED) is 0.700. The van der Waals surface area contributed by atoms with E-state index < -0.39 is 0 Å². The van der Waals surface area contributed by atoms with Gasteiger partial charge in [-0.1, -0.05) is 26.0 Å². The molecule has 0 aromatic carbocycles. The fourth-order valence-electron chi connectivity index (χ4n) is 2.12. The lowest BCUT2D eigenvalue weighted by molar-refractivity contribution is 0.378. The molecule has 1 rings (SSSR count). The van der Waals surface area contributed by atoms with Crippen molar-refractivity contribution in [3.05, 3.63) is 24.3 Å². The number of hydrogen-bond donors (Lipinski definition) is 0. The average molecular weight is 248 g/mol. The van der Waals surface area contributed by atoms with Gasteiger partial charge in [-0.25, -0.2) is 5.01 Å². The van der Waals surface area contributed by atoms with E-state index in [1.54, 1.807) is 7.05 Å². The van der Waals surface area contributed by atoms with Crippen LogP contribution in [0, 0.1) is 0 Å². The molecule has 0 aromatic heterocycles. The number of hydrogen-bond acceptors (Lipinski definition) is 2. The van der Waals surface area contributed by atoms with E-state index in [2.05, 4.69) is 36.4 Å². The van der Waals surface area contributed by atoms with E-state index in [4.69, 9.17) is 5.10 Å². The number of guanidine groups is 1. The van der Waals surface area contributed by atoms with Crippen molar-refractivity contribution in [2.24, 2.45) is 10.1 Å². The third-order valence-corrected chi connectivity index (χ3v) is 2.90. The fraction of sp³-hybridized carbons (Fsp3) is 0.571. The summed E-state index contributed by atoms with van der Waals surface area (Å²) in [7, 11) is 3.84. The molecule has 0 N–H and O–H groups in total. The molecule has 18 heavy (non-hydrogen) atoms. The van der Waals surface area contributed by atoms with Crippen LogP contribution in [0.25, 0.3) is 0 Å². The maximum Gasteiger partial charge on any atom is 0.217 e.